The van der Waals surface area contributed by atoms with E-state index >= 15 is 0 Å². The fourth-order valence-electron chi connectivity index (χ4n) is 3.12. The van der Waals surface area contributed by atoms with Gasteiger partial charge in [0.05, 0.1) is 6.54 Å². The zero-order valence-electron chi connectivity index (χ0n) is 14.6. The highest BCUT2D eigenvalue weighted by molar-refractivity contribution is 5.51. The fourth-order valence-corrected chi connectivity index (χ4v) is 3.12. The number of aromatic nitrogens is 2. The molecule has 0 bridgehead atoms. The van der Waals surface area contributed by atoms with Crippen LogP contribution >= 0.6 is 0 Å². The van der Waals surface area contributed by atoms with Crippen molar-refractivity contribution >= 4 is 5.69 Å². The third kappa shape index (κ3) is 5.01. The van der Waals surface area contributed by atoms with Crippen molar-refractivity contribution in [2.24, 2.45) is 5.92 Å². The van der Waals surface area contributed by atoms with E-state index < -0.39 is 0 Å². The van der Waals surface area contributed by atoms with E-state index in [2.05, 4.69) is 38.6 Å². The number of benzene rings is 1. The minimum absolute atomic E-state index is 0.307. The van der Waals surface area contributed by atoms with Crippen LogP contribution in [0.3, 0.4) is 0 Å². The van der Waals surface area contributed by atoms with Crippen molar-refractivity contribution in [2.45, 2.75) is 32.5 Å². The highest BCUT2D eigenvalue weighted by Gasteiger charge is 2.19. The molecule has 7 nitrogen and oxygen atoms in total. The Kier molecular flexibility index (Phi) is 6.38. The highest BCUT2D eigenvalue weighted by Crippen LogP contribution is 2.22. The van der Waals surface area contributed by atoms with Gasteiger partial charge in [-0.3, -0.25) is 4.90 Å². The molecule has 0 unspecified atom stereocenters. The largest absolute Gasteiger partial charge is 0.396 e. The van der Waals surface area contributed by atoms with E-state index in [9.17, 15) is 5.11 Å². The lowest BCUT2D eigenvalue weighted by Crippen LogP contribution is -2.34. The monoisotopic (exact) mass is 346 g/mol. The van der Waals surface area contributed by atoms with E-state index in [0.29, 0.717) is 37.4 Å². The Morgan fingerprint density at radius 2 is 2.12 bits per heavy atom. The second-order valence-corrected chi connectivity index (χ2v) is 6.45. The molecule has 2 aromatic rings. The van der Waals surface area contributed by atoms with Gasteiger partial charge in [-0.15, -0.1) is 0 Å². The third-order valence-electron chi connectivity index (χ3n) is 4.59. The van der Waals surface area contributed by atoms with Gasteiger partial charge in [0.15, 0.2) is 5.82 Å². The summed E-state index contributed by atoms with van der Waals surface area (Å²) < 4.78 is 10.1. The summed E-state index contributed by atoms with van der Waals surface area (Å²) in [7, 11) is 1.60. The number of aliphatic hydroxyl groups is 1. The Morgan fingerprint density at radius 1 is 1.32 bits per heavy atom. The molecule has 1 aromatic carbocycles. The molecule has 136 valence electrons. The first-order chi connectivity index (χ1) is 12.3. The molecule has 3 rings (SSSR count). The third-order valence-corrected chi connectivity index (χ3v) is 4.59. The van der Waals surface area contributed by atoms with Gasteiger partial charge in [0.2, 0.25) is 0 Å². The first-order valence-electron chi connectivity index (χ1n) is 8.74. The molecular weight excluding hydrogens is 320 g/mol. The van der Waals surface area contributed by atoms with Crippen LogP contribution in [0.25, 0.3) is 0 Å². The van der Waals surface area contributed by atoms with Crippen LogP contribution in [0.5, 0.6) is 0 Å². The van der Waals surface area contributed by atoms with Gasteiger partial charge in [0.1, 0.15) is 6.61 Å². The SMILES string of the molecule is COCc1nc(CNc2ccccc2CN2CCC(CO)CC2)no1. The van der Waals surface area contributed by atoms with Crippen LogP contribution in [0, 0.1) is 5.92 Å². The van der Waals surface area contributed by atoms with E-state index in [1.807, 2.05) is 6.07 Å². The van der Waals surface area contributed by atoms with Crippen molar-refractivity contribution < 1.29 is 14.4 Å². The number of likely N-dealkylation sites (tertiary alicyclic amines) is 1. The van der Waals surface area contributed by atoms with E-state index in [1.54, 1.807) is 7.11 Å². The van der Waals surface area contributed by atoms with Crippen molar-refractivity contribution in [3.8, 4) is 0 Å². The van der Waals surface area contributed by atoms with E-state index in [-0.39, 0.29) is 0 Å². The van der Waals surface area contributed by atoms with E-state index in [1.165, 1.54) is 5.56 Å². The summed E-state index contributed by atoms with van der Waals surface area (Å²) in [5.74, 6) is 1.56. The normalized spacial score (nSPS) is 16.2. The van der Waals surface area contributed by atoms with Gasteiger partial charge in [0.25, 0.3) is 5.89 Å². The maximum absolute atomic E-state index is 9.27. The van der Waals surface area contributed by atoms with Crippen molar-refractivity contribution in [1.29, 1.82) is 0 Å². The number of piperidine rings is 1. The summed E-state index contributed by atoms with van der Waals surface area (Å²) in [6, 6.07) is 8.31. The van der Waals surface area contributed by atoms with Gasteiger partial charge >= 0.3 is 0 Å². The fraction of sp³-hybridized carbons (Fsp3) is 0.556. The molecule has 7 heteroatoms. The molecule has 0 amide bonds. The van der Waals surface area contributed by atoms with Gasteiger partial charge in [-0.1, -0.05) is 23.4 Å². The summed E-state index contributed by atoms with van der Waals surface area (Å²) in [4.78, 5) is 6.72. The summed E-state index contributed by atoms with van der Waals surface area (Å²) in [5, 5.41) is 16.6. The van der Waals surface area contributed by atoms with Gasteiger partial charge in [-0.2, -0.15) is 4.98 Å². The van der Waals surface area contributed by atoms with Crippen LogP contribution in [0.1, 0.15) is 30.1 Å². The number of hydrogen-bond donors (Lipinski definition) is 2. The number of nitrogens with one attached hydrogen (secondary N) is 1. The van der Waals surface area contributed by atoms with Gasteiger partial charge in [-0.25, -0.2) is 0 Å². The van der Waals surface area contributed by atoms with Crippen LogP contribution in [0.2, 0.25) is 0 Å². The predicted octanol–water partition coefficient (Wildman–Crippen LogP) is 2.03. The first kappa shape index (κ1) is 17.8. The minimum atomic E-state index is 0.307. The molecule has 1 aliphatic rings. The van der Waals surface area contributed by atoms with E-state index in [0.717, 1.165) is 38.2 Å². The minimum Gasteiger partial charge on any atom is -0.396 e. The first-order valence-corrected chi connectivity index (χ1v) is 8.74. The second-order valence-electron chi connectivity index (χ2n) is 6.45. The molecule has 0 aliphatic carbocycles. The van der Waals surface area contributed by atoms with Crippen molar-refractivity contribution in [2.75, 3.05) is 32.1 Å². The molecule has 1 saturated heterocycles. The lowest BCUT2D eigenvalue weighted by atomic mass is 9.97. The molecule has 0 atom stereocenters. The average Bonchev–Trinajstić information content (AvgIpc) is 3.09. The van der Waals surface area contributed by atoms with Crippen LogP contribution in [-0.4, -0.2) is 47.0 Å². The van der Waals surface area contributed by atoms with Crippen LogP contribution < -0.4 is 5.32 Å². The molecule has 1 aromatic heterocycles. The van der Waals surface area contributed by atoms with Crippen LogP contribution in [0.15, 0.2) is 28.8 Å². The smallest absolute Gasteiger partial charge is 0.252 e. The summed E-state index contributed by atoms with van der Waals surface area (Å²) >= 11 is 0. The highest BCUT2D eigenvalue weighted by atomic mass is 16.5. The summed E-state index contributed by atoms with van der Waals surface area (Å²) in [6.07, 6.45) is 2.13. The number of para-hydroxylation sites is 1. The number of ether oxygens (including phenoxy) is 1. The molecule has 1 fully saturated rings. The predicted molar refractivity (Wildman–Crippen MR) is 93.9 cm³/mol. The quantitative estimate of drug-likeness (QED) is 0.756. The Labute approximate surface area is 148 Å². The number of nitrogens with zero attached hydrogens (tertiary/aromatic N) is 3. The Bertz CT molecular complexity index is 653. The van der Waals surface area contributed by atoms with Gasteiger partial charge in [0, 0.05) is 25.9 Å². The Balaban J connectivity index is 1.57. The van der Waals surface area contributed by atoms with Crippen molar-refractivity contribution in [1.82, 2.24) is 15.0 Å². The number of rotatable bonds is 8. The number of methoxy groups -OCH3 is 1. The van der Waals surface area contributed by atoms with Crippen molar-refractivity contribution in [3.05, 3.63) is 41.5 Å². The van der Waals surface area contributed by atoms with Crippen LogP contribution in [-0.2, 0) is 24.4 Å². The lowest BCUT2D eigenvalue weighted by Gasteiger charge is -2.31. The maximum atomic E-state index is 9.27. The second kappa shape index (κ2) is 8.94. The standard InChI is InChI=1S/C18H26N4O3/c1-24-13-18-20-17(21-25-18)10-19-16-5-3-2-4-15(16)11-22-8-6-14(12-23)7-9-22/h2-5,14,19,23H,6-13H2,1H3. The lowest BCUT2D eigenvalue weighted by molar-refractivity contribution is 0.127. The number of aliphatic hydroxyl groups excluding tert-OH is 1. The average molecular weight is 346 g/mol. The summed E-state index contributed by atoms with van der Waals surface area (Å²) in [6.45, 7) is 4.12. The summed E-state index contributed by atoms with van der Waals surface area (Å²) in [5.41, 5.74) is 2.34. The maximum Gasteiger partial charge on any atom is 0.252 e. The number of hydrogen-bond acceptors (Lipinski definition) is 7. The van der Waals surface area contributed by atoms with Gasteiger partial charge < -0.3 is 19.7 Å². The molecule has 0 spiro atoms. The van der Waals surface area contributed by atoms with E-state index in [4.69, 9.17) is 9.26 Å². The topological polar surface area (TPSA) is 83.7 Å². The van der Waals surface area contributed by atoms with Crippen LogP contribution in [0.4, 0.5) is 5.69 Å². The Morgan fingerprint density at radius 3 is 2.88 bits per heavy atom. The molecule has 0 saturated carbocycles. The molecule has 0 radical (unpaired) electrons. The molecule has 2 heterocycles. The molecule has 1 aliphatic heterocycles. The molecule has 25 heavy (non-hydrogen) atoms. The zero-order chi connectivity index (χ0) is 17.5. The van der Waals surface area contributed by atoms with Gasteiger partial charge in [-0.05, 0) is 43.5 Å². The van der Waals surface area contributed by atoms with Crippen molar-refractivity contribution in [3.63, 3.8) is 0 Å². The number of anilines is 1. The molecule has 2 N–H and O–H groups in total. The molecular formula is C18H26N4O3. The Hall–Kier alpha value is -1.96. The zero-order valence-corrected chi connectivity index (χ0v) is 14.6.